The minimum atomic E-state index is -0.831. The van der Waals surface area contributed by atoms with Crippen LogP contribution in [-0.4, -0.2) is 22.4 Å². The molecule has 1 aromatic rings. The van der Waals surface area contributed by atoms with Gasteiger partial charge in [0.2, 0.25) is 0 Å². The third-order valence-corrected chi connectivity index (χ3v) is 3.38. The second-order valence-electron chi connectivity index (χ2n) is 4.37. The third-order valence-electron chi connectivity index (χ3n) is 2.33. The van der Waals surface area contributed by atoms with Crippen LogP contribution < -0.4 is 0 Å². The fourth-order valence-corrected chi connectivity index (χ4v) is 2.38. The standard InChI is InChI=1S/C14H18O3S/c1-4-17-13(16)14(2,3)18-12(15)10-11-8-6-5-7-9-11/h5-9H,4,10H2,1-3H3. The molecule has 0 saturated heterocycles. The number of rotatable bonds is 5. The Bertz CT molecular complexity index is 412. The normalized spacial score (nSPS) is 11.1. The molecule has 0 amide bonds. The quantitative estimate of drug-likeness (QED) is 0.769. The van der Waals surface area contributed by atoms with Crippen molar-refractivity contribution >= 4 is 22.8 Å². The highest BCUT2D eigenvalue weighted by Gasteiger charge is 2.32. The Kier molecular flexibility index (Phi) is 5.41. The van der Waals surface area contributed by atoms with Crippen LogP contribution in [0.25, 0.3) is 0 Å². The van der Waals surface area contributed by atoms with Crippen molar-refractivity contribution in [2.45, 2.75) is 31.9 Å². The Morgan fingerprint density at radius 1 is 1.22 bits per heavy atom. The van der Waals surface area contributed by atoms with Crippen molar-refractivity contribution < 1.29 is 14.3 Å². The third kappa shape index (κ3) is 4.53. The van der Waals surface area contributed by atoms with Crippen LogP contribution in [0.15, 0.2) is 30.3 Å². The molecule has 0 radical (unpaired) electrons. The maximum absolute atomic E-state index is 11.9. The maximum Gasteiger partial charge on any atom is 0.322 e. The van der Waals surface area contributed by atoms with Gasteiger partial charge in [-0.3, -0.25) is 9.59 Å². The second kappa shape index (κ2) is 6.59. The van der Waals surface area contributed by atoms with Gasteiger partial charge in [-0.1, -0.05) is 42.1 Å². The summed E-state index contributed by atoms with van der Waals surface area (Å²) in [5.74, 6) is -0.351. The average Bonchev–Trinajstić information content (AvgIpc) is 2.29. The Balaban J connectivity index is 2.56. The zero-order valence-corrected chi connectivity index (χ0v) is 11.8. The molecular formula is C14H18O3S. The number of thioether (sulfide) groups is 1. The van der Waals surface area contributed by atoms with E-state index < -0.39 is 4.75 Å². The molecule has 4 heteroatoms. The lowest BCUT2D eigenvalue weighted by Crippen LogP contribution is -2.31. The van der Waals surface area contributed by atoms with Gasteiger partial charge in [0.1, 0.15) is 4.75 Å². The van der Waals surface area contributed by atoms with Crippen molar-refractivity contribution in [3.8, 4) is 0 Å². The van der Waals surface area contributed by atoms with Crippen LogP contribution in [0, 0.1) is 0 Å². The molecule has 0 bridgehead atoms. The number of carbonyl (C=O) groups is 2. The van der Waals surface area contributed by atoms with Gasteiger partial charge in [0.05, 0.1) is 6.61 Å². The van der Waals surface area contributed by atoms with Gasteiger partial charge in [-0.2, -0.15) is 0 Å². The van der Waals surface area contributed by atoms with Gasteiger partial charge < -0.3 is 4.74 Å². The molecule has 18 heavy (non-hydrogen) atoms. The number of ether oxygens (including phenoxy) is 1. The predicted octanol–water partition coefficient (Wildman–Crippen LogP) is 2.83. The molecule has 0 aliphatic heterocycles. The Hall–Kier alpha value is -1.29. The molecule has 0 N–H and O–H groups in total. The first kappa shape index (κ1) is 14.8. The van der Waals surface area contributed by atoms with Gasteiger partial charge in [0.15, 0.2) is 5.12 Å². The van der Waals surface area contributed by atoms with Crippen molar-refractivity contribution in [1.82, 2.24) is 0 Å². The van der Waals surface area contributed by atoms with Crippen LogP contribution >= 0.6 is 11.8 Å². The SMILES string of the molecule is CCOC(=O)C(C)(C)SC(=O)Cc1ccccc1. The monoisotopic (exact) mass is 266 g/mol. The first-order chi connectivity index (χ1) is 8.45. The van der Waals surface area contributed by atoms with Crippen molar-refractivity contribution in [3.63, 3.8) is 0 Å². The summed E-state index contributed by atoms with van der Waals surface area (Å²) >= 11 is 1.03. The lowest BCUT2D eigenvalue weighted by Gasteiger charge is -2.20. The van der Waals surface area contributed by atoms with E-state index in [2.05, 4.69) is 0 Å². The van der Waals surface area contributed by atoms with Crippen LogP contribution in [0.1, 0.15) is 26.3 Å². The van der Waals surface area contributed by atoms with Crippen LogP contribution in [0.4, 0.5) is 0 Å². The number of hydrogen-bond acceptors (Lipinski definition) is 4. The van der Waals surface area contributed by atoms with Gasteiger partial charge >= 0.3 is 5.97 Å². The summed E-state index contributed by atoms with van der Waals surface area (Å²) in [6.07, 6.45) is 0.328. The number of esters is 1. The largest absolute Gasteiger partial charge is 0.465 e. The lowest BCUT2D eigenvalue weighted by atomic mass is 10.2. The first-order valence-corrected chi connectivity index (χ1v) is 6.70. The van der Waals surface area contributed by atoms with E-state index in [0.717, 1.165) is 17.3 Å². The molecule has 3 nitrogen and oxygen atoms in total. The molecule has 0 aliphatic rings. The number of hydrogen-bond donors (Lipinski definition) is 0. The lowest BCUT2D eigenvalue weighted by molar-refractivity contribution is -0.145. The maximum atomic E-state index is 11.9. The van der Waals surface area contributed by atoms with Gasteiger partial charge in [-0.15, -0.1) is 0 Å². The van der Waals surface area contributed by atoms with Crippen LogP contribution in [0.5, 0.6) is 0 Å². The van der Waals surface area contributed by atoms with Crippen molar-refractivity contribution in [3.05, 3.63) is 35.9 Å². The minimum absolute atomic E-state index is 0.0285. The fourth-order valence-electron chi connectivity index (χ4n) is 1.43. The molecule has 0 saturated carbocycles. The zero-order chi connectivity index (χ0) is 13.6. The highest BCUT2D eigenvalue weighted by Crippen LogP contribution is 2.27. The van der Waals surface area contributed by atoms with Crippen LogP contribution in [0.3, 0.4) is 0 Å². The molecule has 0 unspecified atom stereocenters. The Labute approximate surface area is 112 Å². The van der Waals surface area contributed by atoms with Crippen LogP contribution in [0.2, 0.25) is 0 Å². The van der Waals surface area contributed by atoms with Gasteiger partial charge in [-0.25, -0.2) is 0 Å². The summed E-state index contributed by atoms with van der Waals surface area (Å²) < 4.78 is 4.11. The summed E-state index contributed by atoms with van der Waals surface area (Å²) in [5.41, 5.74) is 0.953. The highest BCUT2D eigenvalue weighted by molar-refractivity contribution is 8.15. The van der Waals surface area contributed by atoms with Gasteiger partial charge in [0, 0.05) is 6.42 Å². The Morgan fingerprint density at radius 2 is 1.83 bits per heavy atom. The van der Waals surface area contributed by atoms with E-state index in [-0.39, 0.29) is 11.1 Å². The predicted molar refractivity (Wildman–Crippen MR) is 73.5 cm³/mol. The molecule has 0 aromatic heterocycles. The van der Waals surface area contributed by atoms with Crippen molar-refractivity contribution in [1.29, 1.82) is 0 Å². The van der Waals surface area contributed by atoms with Crippen molar-refractivity contribution in [2.75, 3.05) is 6.61 Å². The van der Waals surface area contributed by atoms with E-state index in [1.165, 1.54) is 0 Å². The zero-order valence-electron chi connectivity index (χ0n) is 10.9. The van der Waals surface area contributed by atoms with Gasteiger partial charge in [0.25, 0.3) is 0 Å². The second-order valence-corrected chi connectivity index (χ2v) is 6.05. The molecule has 1 aromatic carbocycles. The molecule has 0 aliphatic carbocycles. The van der Waals surface area contributed by atoms with E-state index in [1.54, 1.807) is 20.8 Å². The molecule has 0 atom stereocenters. The summed E-state index contributed by atoms with van der Waals surface area (Å²) in [6, 6.07) is 9.49. The Morgan fingerprint density at radius 3 is 2.39 bits per heavy atom. The van der Waals surface area contributed by atoms with E-state index >= 15 is 0 Å². The van der Waals surface area contributed by atoms with Crippen LogP contribution in [-0.2, 0) is 20.7 Å². The topological polar surface area (TPSA) is 43.4 Å². The number of carbonyl (C=O) groups excluding carboxylic acids is 2. The van der Waals surface area contributed by atoms with E-state index in [0.29, 0.717) is 13.0 Å². The summed E-state index contributed by atoms with van der Waals surface area (Å²) in [6.45, 7) is 5.50. The minimum Gasteiger partial charge on any atom is -0.465 e. The van der Waals surface area contributed by atoms with Gasteiger partial charge in [-0.05, 0) is 26.3 Å². The average molecular weight is 266 g/mol. The summed E-state index contributed by atoms with van der Waals surface area (Å²) in [7, 11) is 0. The summed E-state index contributed by atoms with van der Waals surface area (Å²) in [5, 5.41) is -0.0285. The molecular weight excluding hydrogens is 248 g/mol. The van der Waals surface area contributed by atoms with E-state index in [4.69, 9.17) is 4.74 Å². The van der Waals surface area contributed by atoms with Crippen molar-refractivity contribution in [2.24, 2.45) is 0 Å². The molecule has 98 valence electrons. The van der Waals surface area contributed by atoms with E-state index in [1.807, 2.05) is 30.3 Å². The first-order valence-electron chi connectivity index (χ1n) is 5.88. The smallest absolute Gasteiger partial charge is 0.322 e. The molecule has 0 heterocycles. The van der Waals surface area contributed by atoms with E-state index in [9.17, 15) is 9.59 Å². The number of benzene rings is 1. The summed E-state index contributed by atoms with van der Waals surface area (Å²) in [4.78, 5) is 23.5. The fraction of sp³-hybridized carbons (Fsp3) is 0.429. The molecule has 1 rings (SSSR count). The highest BCUT2D eigenvalue weighted by atomic mass is 32.2. The molecule has 0 fully saturated rings. The molecule has 0 spiro atoms.